The van der Waals surface area contributed by atoms with Crippen molar-refractivity contribution in [2.45, 2.75) is 6.18 Å². The van der Waals surface area contributed by atoms with E-state index in [0.29, 0.717) is 38.1 Å². The number of ether oxygens (including phenoxy) is 2. The van der Waals surface area contributed by atoms with E-state index in [0.717, 1.165) is 17.7 Å². The average molecular weight is 626 g/mol. The van der Waals surface area contributed by atoms with E-state index in [-0.39, 0.29) is 22.8 Å². The molecule has 5 aromatic rings. The molecule has 5 rings (SSSR count). The fraction of sp³-hybridized carbons (Fsp3) is 0.0645. The molecule has 0 bridgehead atoms. The predicted molar refractivity (Wildman–Crippen MR) is 158 cm³/mol. The first-order valence-electron chi connectivity index (χ1n) is 12.5. The van der Waals surface area contributed by atoms with Crippen LogP contribution in [0.3, 0.4) is 0 Å². The highest BCUT2D eigenvalue weighted by atomic mass is 35.5. The number of hydrazone groups is 1. The molecule has 0 aliphatic carbocycles. The molecule has 0 aliphatic rings. The number of nitrogens with one attached hydrogen (secondary N) is 2. The van der Waals surface area contributed by atoms with Gasteiger partial charge in [-0.2, -0.15) is 18.3 Å². The number of halogens is 5. The molecule has 43 heavy (non-hydrogen) atoms. The Bertz CT molecular complexity index is 1870. The van der Waals surface area contributed by atoms with Gasteiger partial charge in [0.25, 0.3) is 5.91 Å². The topological polar surface area (TPSA) is 92.8 Å². The normalized spacial score (nSPS) is 11.6. The summed E-state index contributed by atoms with van der Waals surface area (Å²) in [6.45, 7) is 0. The van der Waals surface area contributed by atoms with Crippen LogP contribution in [0.25, 0.3) is 22.0 Å². The van der Waals surface area contributed by atoms with E-state index < -0.39 is 23.6 Å². The smallest absolute Gasteiger partial charge is 0.416 e. The van der Waals surface area contributed by atoms with Gasteiger partial charge in [-0.15, -0.1) is 0 Å². The molecule has 0 aliphatic heterocycles. The Labute approximate surface area is 252 Å². The third-order valence-corrected chi connectivity index (χ3v) is 6.82. The lowest BCUT2D eigenvalue weighted by molar-refractivity contribution is -0.137. The minimum atomic E-state index is -4.61. The van der Waals surface area contributed by atoms with Crippen LogP contribution < -0.4 is 14.9 Å². The van der Waals surface area contributed by atoms with Gasteiger partial charge < -0.3 is 14.5 Å². The van der Waals surface area contributed by atoms with E-state index in [2.05, 4.69) is 15.5 Å². The van der Waals surface area contributed by atoms with E-state index >= 15 is 0 Å². The number of hydrogen-bond acceptors (Lipinski definition) is 5. The molecule has 0 spiro atoms. The molecular formula is C31H20Cl2F3N3O4. The molecule has 0 unspecified atom stereocenters. The summed E-state index contributed by atoms with van der Waals surface area (Å²) in [6.07, 6.45) is -3.27. The largest absolute Gasteiger partial charge is 0.493 e. The monoisotopic (exact) mass is 625 g/mol. The zero-order valence-electron chi connectivity index (χ0n) is 22.1. The number of rotatable bonds is 7. The Morgan fingerprint density at radius 1 is 0.930 bits per heavy atom. The van der Waals surface area contributed by atoms with Gasteiger partial charge in [-0.3, -0.25) is 4.79 Å². The molecule has 1 heterocycles. The van der Waals surface area contributed by atoms with E-state index in [4.69, 9.17) is 32.7 Å². The van der Waals surface area contributed by atoms with E-state index in [1.807, 2.05) is 30.3 Å². The first kappa shape index (κ1) is 29.7. The van der Waals surface area contributed by atoms with Crippen LogP contribution in [-0.2, 0) is 6.18 Å². The van der Waals surface area contributed by atoms with E-state index in [1.54, 1.807) is 12.1 Å². The van der Waals surface area contributed by atoms with Gasteiger partial charge in [-0.05, 0) is 59.7 Å². The van der Waals surface area contributed by atoms with Crippen molar-refractivity contribution < 1.29 is 32.2 Å². The fourth-order valence-corrected chi connectivity index (χ4v) is 4.95. The van der Waals surface area contributed by atoms with Gasteiger partial charge in [0.2, 0.25) is 0 Å². The van der Waals surface area contributed by atoms with Crippen LogP contribution in [0, 0.1) is 0 Å². The number of alkyl halides is 3. The molecule has 0 radical (unpaired) electrons. The maximum Gasteiger partial charge on any atom is 0.416 e. The van der Waals surface area contributed by atoms with E-state index in [9.17, 15) is 22.8 Å². The van der Waals surface area contributed by atoms with Crippen LogP contribution in [0.1, 0.15) is 32.0 Å². The molecule has 4 aromatic carbocycles. The van der Waals surface area contributed by atoms with Gasteiger partial charge >= 0.3 is 12.1 Å². The lowest BCUT2D eigenvalue weighted by Gasteiger charge is -2.11. The summed E-state index contributed by atoms with van der Waals surface area (Å²) in [6, 6.07) is 20.8. The summed E-state index contributed by atoms with van der Waals surface area (Å²) >= 11 is 12.7. The Morgan fingerprint density at radius 3 is 2.42 bits per heavy atom. The molecule has 0 fully saturated rings. The fourth-order valence-electron chi connectivity index (χ4n) is 4.36. The van der Waals surface area contributed by atoms with Crippen molar-refractivity contribution in [2.24, 2.45) is 5.10 Å². The molecule has 0 atom stereocenters. The molecule has 2 N–H and O–H groups in total. The number of amides is 1. The number of benzene rings is 4. The van der Waals surface area contributed by atoms with Crippen molar-refractivity contribution in [3.05, 3.63) is 117 Å². The SMILES string of the molecule is COc1cc(C=NNC(=O)c2[nH]c3cc(Cl)cc(Cl)c3c2-c2ccccc2)ccc1OC(=O)c1cccc(C(F)(F)F)c1. The maximum absolute atomic E-state index is 13.2. The number of carbonyl (C=O) groups is 2. The highest BCUT2D eigenvalue weighted by Crippen LogP contribution is 2.38. The molecular weight excluding hydrogens is 606 g/mol. The van der Waals surface area contributed by atoms with Crippen LogP contribution in [0.15, 0.2) is 90.0 Å². The number of esters is 1. The number of aromatic amines is 1. The lowest BCUT2D eigenvalue weighted by atomic mass is 10.0. The van der Waals surface area contributed by atoms with Gasteiger partial charge in [0.1, 0.15) is 5.69 Å². The second kappa shape index (κ2) is 12.2. The zero-order chi connectivity index (χ0) is 30.7. The molecule has 218 valence electrons. The molecule has 7 nitrogen and oxygen atoms in total. The number of fused-ring (bicyclic) bond motifs is 1. The molecule has 12 heteroatoms. The molecule has 0 saturated heterocycles. The highest BCUT2D eigenvalue weighted by molar-refractivity contribution is 6.40. The quantitative estimate of drug-likeness (QED) is 0.0826. The van der Waals surface area contributed by atoms with Gasteiger partial charge in [-0.25, -0.2) is 10.2 Å². The minimum Gasteiger partial charge on any atom is -0.493 e. The molecule has 0 saturated carbocycles. The molecule has 1 aromatic heterocycles. The number of nitrogens with zero attached hydrogens (tertiary/aromatic N) is 1. The van der Waals surface area contributed by atoms with Crippen LogP contribution in [0.5, 0.6) is 11.5 Å². The van der Waals surface area contributed by atoms with Crippen molar-refractivity contribution >= 4 is 52.2 Å². The molecule has 1 amide bonds. The summed E-state index contributed by atoms with van der Waals surface area (Å²) in [5.74, 6) is -1.44. The Morgan fingerprint density at radius 2 is 1.70 bits per heavy atom. The number of carbonyl (C=O) groups excluding carboxylic acids is 2. The standard InChI is InChI=1S/C31H20Cl2F3N3O4/c1-42-25-12-17(10-11-24(25)43-30(41)19-8-5-9-20(13-19)31(34,35)36)16-37-39-29(40)28-26(18-6-3-2-4-7-18)27-22(33)14-21(32)15-23(27)38-28/h2-16,38H,1H3,(H,39,40). The lowest BCUT2D eigenvalue weighted by Crippen LogP contribution is -2.18. The third-order valence-electron chi connectivity index (χ3n) is 6.30. The summed E-state index contributed by atoms with van der Waals surface area (Å²) in [5, 5.41) is 5.45. The van der Waals surface area contributed by atoms with Crippen molar-refractivity contribution in [3.63, 3.8) is 0 Å². The predicted octanol–water partition coefficient (Wildman–Crippen LogP) is 8.15. The number of aromatic nitrogens is 1. The van der Waals surface area contributed by atoms with Crippen molar-refractivity contribution in [1.29, 1.82) is 0 Å². The van der Waals surface area contributed by atoms with Crippen LogP contribution in [0.4, 0.5) is 13.2 Å². The highest BCUT2D eigenvalue weighted by Gasteiger charge is 2.31. The van der Waals surface area contributed by atoms with Gasteiger partial charge in [-0.1, -0.05) is 59.6 Å². The van der Waals surface area contributed by atoms with Gasteiger partial charge in [0.05, 0.1) is 29.5 Å². The number of methoxy groups -OCH3 is 1. The second-order valence-electron chi connectivity index (χ2n) is 9.13. The summed E-state index contributed by atoms with van der Waals surface area (Å²) in [4.78, 5) is 28.8. The summed E-state index contributed by atoms with van der Waals surface area (Å²) < 4.78 is 49.6. The van der Waals surface area contributed by atoms with Crippen molar-refractivity contribution in [2.75, 3.05) is 7.11 Å². The van der Waals surface area contributed by atoms with Crippen LogP contribution in [-0.4, -0.2) is 30.2 Å². The summed E-state index contributed by atoms with van der Waals surface area (Å²) in [5.41, 5.74) is 3.83. The Hall–Kier alpha value is -4.80. The van der Waals surface area contributed by atoms with Gasteiger partial charge in [0, 0.05) is 21.5 Å². The maximum atomic E-state index is 13.2. The summed E-state index contributed by atoms with van der Waals surface area (Å²) in [7, 11) is 1.33. The Kier molecular flexibility index (Phi) is 8.43. The first-order valence-corrected chi connectivity index (χ1v) is 13.3. The van der Waals surface area contributed by atoms with Crippen molar-refractivity contribution in [3.8, 4) is 22.6 Å². The van der Waals surface area contributed by atoms with Crippen molar-refractivity contribution in [1.82, 2.24) is 10.4 Å². The zero-order valence-corrected chi connectivity index (χ0v) is 23.6. The first-order chi connectivity index (χ1) is 20.5. The Balaban J connectivity index is 1.35. The van der Waals surface area contributed by atoms with Gasteiger partial charge in [0.15, 0.2) is 11.5 Å². The average Bonchev–Trinajstić information content (AvgIpc) is 3.37. The van der Waals surface area contributed by atoms with E-state index in [1.165, 1.54) is 37.6 Å². The number of hydrogen-bond donors (Lipinski definition) is 2. The second-order valence-corrected chi connectivity index (χ2v) is 9.97. The van der Waals surface area contributed by atoms with Crippen LogP contribution >= 0.6 is 23.2 Å². The van der Waals surface area contributed by atoms with Crippen LogP contribution in [0.2, 0.25) is 10.0 Å². The number of H-pyrrole nitrogens is 1. The minimum absolute atomic E-state index is 0.0211. The third kappa shape index (κ3) is 6.50.